The molecule has 0 unspecified atom stereocenters. The molecule has 0 aliphatic rings. The van der Waals surface area contributed by atoms with E-state index in [4.69, 9.17) is 28.4 Å². The summed E-state index contributed by atoms with van der Waals surface area (Å²) in [4.78, 5) is 52.5. The number of carbonyl (C=O) groups is 4. The van der Waals surface area contributed by atoms with Gasteiger partial charge in [-0.3, -0.25) is 19.2 Å². The molecule has 4 amide bonds. The third-order valence-corrected chi connectivity index (χ3v) is 15.7. The first-order valence-corrected chi connectivity index (χ1v) is 34.3. The number of ether oxygens (including phenoxy) is 6. The molecule has 2 aromatic heterocycles. The number of amides is 4. The number of anilines is 2. The summed E-state index contributed by atoms with van der Waals surface area (Å²) in [6.07, 6.45) is 11.3. The van der Waals surface area contributed by atoms with Gasteiger partial charge in [-0.25, -0.2) is 0 Å². The molecular formula is C73H114N10O10+2. The van der Waals surface area contributed by atoms with Crippen molar-refractivity contribution in [2.24, 2.45) is 0 Å². The fraction of sp³-hybridized carbons (Fsp3) is 0.589. The molecule has 6 aromatic rings. The minimum absolute atomic E-state index is 0.0563. The number of unbranched alkanes of at least 4 members (excludes halogenated alkanes) is 4. The highest BCUT2D eigenvalue weighted by Crippen LogP contribution is 2.26. The molecule has 2 heterocycles. The first-order chi connectivity index (χ1) is 45.3. The first kappa shape index (κ1) is 77.1. The third-order valence-electron chi connectivity index (χ3n) is 15.7. The zero-order valence-corrected chi connectivity index (χ0v) is 57.7. The van der Waals surface area contributed by atoms with Crippen LogP contribution in [0.25, 0.3) is 43.6 Å². The Morgan fingerprint density at radius 2 is 0.699 bits per heavy atom. The van der Waals surface area contributed by atoms with Gasteiger partial charge in [0.05, 0.1) is 52.9 Å². The van der Waals surface area contributed by atoms with Gasteiger partial charge in [-0.05, 0) is 138 Å². The van der Waals surface area contributed by atoms with E-state index in [1.807, 2.05) is 21.0 Å². The molecule has 4 aromatic carbocycles. The van der Waals surface area contributed by atoms with Crippen molar-refractivity contribution in [1.29, 1.82) is 0 Å². The summed E-state index contributed by atoms with van der Waals surface area (Å²) in [5.74, 6) is 0.128. The summed E-state index contributed by atoms with van der Waals surface area (Å²) in [5, 5.41) is 23.1. The van der Waals surface area contributed by atoms with Gasteiger partial charge >= 0.3 is 0 Å². The van der Waals surface area contributed by atoms with Crippen LogP contribution in [0.1, 0.15) is 121 Å². The second kappa shape index (κ2) is 46.5. The van der Waals surface area contributed by atoms with Crippen LogP contribution >= 0.6 is 0 Å². The molecule has 0 aliphatic carbocycles. The molecule has 0 saturated heterocycles. The van der Waals surface area contributed by atoms with Crippen molar-refractivity contribution in [2.45, 2.75) is 136 Å². The van der Waals surface area contributed by atoms with E-state index in [0.29, 0.717) is 137 Å². The van der Waals surface area contributed by atoms with E-state index >= 15 is 0 Å². The molecule has 0 bridgehead atoms. The summed E-state index contributed by atoms with van der Waals surface area (Å²) in [5.41, 5.74) is 9.94. The lowest BCUT2D eigenvalue weighted by Crippen LogP contribution is -2.36. The number of nitrogens with zero attached hydrogens (tertiary/aromatic N) is 4. The monoisotopic (exact) mass is 1290 g/mol. The standard InChI is InChI=1S/C48H78N6O9.C25H34N4O/c1-6-25-58-29-33-62-34-30-60-27-12-22-50-47(56)15-10-16-48(57)51-23-13-28-61-32-36-63-35-31-59-26-11-21-49-46(55)14-8-7-9-24-54-44-38-42(52(2)3)19-17-40(44)37-41-18-20-43(53(4)5)39-45(41)54;1-4-28-25(30)8-6-5-7-13-29-23-14-19(17-26-2)9-11-21(23)16-22-12-10-20(18-27-3)15-24(22)29/h17-20,37-39H,6-16,21-36H2,1-5H3,(H2-,49,50,51,55,56,57);9-12,14-16,26-27H,4-8,13,17-18H2,1-3H3/p+2. The van der Waals surface area contributed by atoms with Crippen molar-refractivity contribution in [3.63, 3.8) is 0 Å². The number of benzene rings is 4. The number of aromatic nitrogens is 2. The first-order valence-electron chi connectivity index (χ1n) is 34.3. The molecule has 20 heteroatoms. The Bertz CT molecular complexity index is 3000. The molecule has 0 saturated carbocycles. The normalized spacial score (nSPS) is 11.3. The van der Waals surface area contributed by atoms with E-state index in [1.165, 1.54) is 66.1 Å². The lowest BCUT2D eigenvalue weighted by Gasteiger charge is -2.15. The lowest BCUT2D eigenvalue weighted by molar-refractivity contribution is -0.646. The zero-order chi connectivity index (χ0) is 66.7. The number of rotatable bonds is 49. The fourth-order valence-corrected chi connectivity index (χ4v) is 10.8. The van der Waals surface area contributed by atoms with Crippen molar-refractivity contribution in [3.05, 3.63) is 96.1 Å². The lowest BCUT2D eigenvalue weighted by atomic mass is 10.0. The van der Waals surface area contributed by atoms with Crippen LogP contribution in [0.3, 0.4) is 0 Å². The minimum atomic E-state index is -0.0630. The van der Waals surface area contributed by atoms with Gasteiger partial charge in [-0.1, -0.05) is 19.1 Å². The summed E-state index contributed by atoms with van der Waals surface area (Å²) >= 11 is 0. The Balaban J connectivity index is 0.000000432. The SMILES string of the molecule is CCCOCCOCCOCCCNC(=O)CCCC(=O)NCCCOCCOCCOCCCNC(=O)CCCCC[n+]1c2cc(N(C)C)ccc2cc2ccc(N(C)C)cc21.CCNC(=O)CCCCC[n+]1c2cc(CNC)ccc2cc2ccc(CNC)cc21. The molecule has 6 N–H and O–H groups in total. The number of aryl methyl sites for hydroxylation is 2. The van der Waals surface area contributed by atoms with Crippen molar-refractivity contribution in [1.82, 2.24) is 31.9 Å². The number of pyridine rings is 2. The fourth-order valence-electron chi connectivity index (χ4n) is 10.8. The second-order valence-corrected chi connectivity index (χ2v) is 23.9. The maximum Gasteiger partial charge on any atom is 0.220 e. The van der Waals surface area contributed by atoms with Crippen LogP contribution in [0.2, 0.25) is 0 Å². The Kier molecular flexibility index (Phi) is 38.5. The van der Waals surface area contributed by atoms with Crippen LogP contribution in [-0.2, 0) is 73.8 Å². The molecule has 0 aliphatic heterocycles. The Morgan fingerprint density at radius 1 is 0.366 bits per heavy atom. The molecule has 6 rings (SSSR count). The van der Waals surface area contributed by atoms with Crippen LogP contribution in [0, 0.1) is 0 Å². The van der Waals surface area contributed by atoms with Crippen molar-refractivity contribution in [2.75, 3.05) is 158 Å². The van der Waals surface area contributed by atoms with Gasteiger partial charge < -0.3 is 70.1 Å². The molecular weight excluding hydrogens is 1180 g/mol. The van der Waals surface area contributed by atoms with Crippen LogP contribution < -0.4 is 50.8 Å². The van der Waals surface area contributed by atoms with Crippen molar-refractivity contribution >= 4 is 78.6 Å². The summed E-state index contributed by atoms with van der Waals surface area (Å²) in [6.45, 7) is 16.5. The van der Waals surface area contributed by atoms with E-state index in [9.17, 15) is 19.2 Å². The number of nitrogens with one attached hydrogen (secondary N) is 6. The summed E-state index contributed by atoms with van der Waals surface area (Å²) in [6, 6.07) is 31.4. The summed E-state index contributed by atoms with van der Waals surface area (Å²) < 4.78 is 38.0. The predicted molar refractivity (Wildman–Crippen MR) is 375 cm³/mol. The topological polar surface area (TPSA) is 210 Å². The largest absolute Gasteiger partial charge is 0.379 e. The smallest absolute Gasteiger partial charge is 0.220 e. The number of hydrogen-bond donors (Lipinski definition) is 6. The van der Waals surface area contributed by atoms with E-state index in [2.05, 4.69) is 171 Å². The summed E-state index contributed by atoms with van der Waals surface area (Å²) in [7, 11) is 12.3. The van der Waals surface area contributed by atoms with Crippen LogP contribution in [0.4, 0.5) is 11.4 Å². The molecule has 0 atom stereocenters. The van der Waals surface area contributed by atoms with Crippen molar-refractivity contribution in [3.8, 4) is 0 Å². The van der Waals surface area contributed by atoms with Crippen LogP contribution in [0.5, 0.6) is 0 Å². The maximum absolute atomic E-state index is 12.5. The highest BCUT2D eigenvalue weighted by molar-refractivity contribution is 5.92. The van der Waals surface area contributed by atoms with Gasteiger partial charge in [-0.2, -0.15) is 9.13 Å². The highest BCUT2D eigenvalue weighted by atomic mass is 16.5. The zero-order valence-electron chi connectivity index (χ0n) is 57.7. The average Bonchev–Trinajstić information content (AvgIpc) is 0.786. The van der Waals surface area contributed by atoms with Crippen LogP contribution in [-0.4, -0.2) is 171 Å². The van der Waals surface area contributed by atoms with Gasteiger partial charge in [0.15, 0.2) is 0 Å². The Morgan fingerprint density at radius 3 is 1.05 bits per heavy atom. The molecule has 20 nitrogen and oxygen atoms in total. The van der Waals surface area contributed by atoms with Gasteiger partial charge in [0, 0.05) is 190 Å². The van der Waals surface area contributed by atoms with Gasteiger partial charge in [0.1, 0.15) is 13.1 Å². The van der Waals surface area contributed by atoms with Crippen LogP contribution in [0.15, 0.2) is 84.9 Å². The average molecular weight is 1290 g/mol. The number of carbonyl (C=O) groups excluding carboxylic acids is 4. The highest BCUT2D eigenvalue weighted by Gasteiger charge is 2.20. The maximum atomic E-state index is 12.5. The third kappa shape index (κ3) is 30.1. The Labute approximate surface area is 554 Å². The van der Waals surface area contributed by atoms with E-state index in [-0.39, 0.29) is 23.6 Å². The van der Waals surface area contributed by atoms with E-state index in [1.54, 1.807) is 0 Å². The van der Waals surface area contributed by atoms with E-state index < -0.39 is 0 Å². The molecule has 0 fully saturated rings. The van der Waals surface area contributed by atoms with Gasteiger partial charge in [0.2, 0.25) is 45.7 Å². The molecule has 93 heavy (non-hydrogen) atoms. The second-order valence-electron chi connectivity index (χ2n) is 23.9. The number of fused-ring (bicyclic) bond motifs is 4. The minimum Gasteiger partial charge on any atom is -0.379 e. The molecule has 0 spiro atoms. The quantitative estimate of drug-likeness (QED) is 0.0120. The Hall–Kier alpha value is -6.62. The van der Waals surface area contributed by atoms with Crippen molar-refractivity contribution < 1.29 is 56.7 Å². The predicted octanol–water partition coefficient (Wildman–Crippen LogP) is 8.59. The van der Waals surface area contributed by atoms with Gasteiger partial charge in [-0.15, -0.1) is 0 Å². The molecule has 514 valence electrons. The van der Waals surface area contributed by atoms with E-state index in [0.717, 1.165) is 90.6 Å². The number of hydrogen-bond acceptors (Lipinski definition) is 14. The van der Waals surface area contributed by atoms with Gasteiger partial charge in [0.25, 0.3) is 0 Å². The molecule has 0 radical (unpaired) electrons.